The van der Waals surface area contributed by atoms with E-state index in [4.69, 9.17) is 24.7 Å². The first-order valence-corrected chi connectivity index (χ1v) is 7.86. The first-order chi connectivity index (χ1) is 11.4. The maximum Gasteiger partial charge on any atom is 0.253 e. The minimum Gasteiger partial charge on any atom is -0.504 e. The number of rotatable bonds is 2. The zero-order valence-corrected chi connectivity index (χ0v) is 13.5. The normalized spacial score (nSPS) is 26.8. The number of carbonyl (C=O) groups is 1. The number of amides is 1. The van der Waals surface area contributed by atoms with E-state index in [9.17, 15) is 9.90 Å². The second-order valence-corrected chi connectivity index (χ2v) is 6.63. The SMILES string of the molecule is CC1(C)O[C@H]2CC(c3cc4c(c(O)c3C(N)=O)OCO4)=CC[C@H]2O1. The highest BCUT2D eigenvalue weighted by atomic mass is 16.8. The molecule has 2 heterocycles. The van der Waals surface area contributed by atoms with Gasteiger partial charge in [0.25, 0.3) is 5.91 Å². The van der Waals surface area contributed by atoms with Crippen molar-refractivity contribution < 1.29 is 28.8 Å². The Balaban J connectivity index is 1.75. The Morgan fingerprint density at radius 1 is 1.29 bits per heavy atom. The molecule has 1 aromatic rings. The average Bonchev–Trinajstić information content (AvgIpc) is 3.07. The quantitative estimate of drug-likeness (QED) is 0.857. The fourth-order valence-electron chi connectivity index (χ4n) is 3.59. The molecule has 7 heteroatoms. The molecule has 0 aromatic heterocycles. The fraction of sp³-hybridized carbons (Fsp3) is 0.471. The summed E-state index contributed by atoms with van der Waals surface area (Å²) in [6.07, 6.45) is 3.11. The van der Waals surface area contributed by atoms with Crippen LogP contribution in [0.25, 0.3) is 5.57 Å². The summed E-state index contributed by atoms with van der Waals surface area (Å²) in [5, 5.41) is 10.4. The summed E-state index contributed by atoms with van der Waals surface area (Å²) in [6.45, 7) is 3.76. The summed E-state index contributed by atoms with van der Waals surface area (Å²) in [6, 6.07) is 1.69. The molecular weight excluding hydrogens is 314 g/mol. The van der Waals surface area contributed by atoms with Crippen molar-refractivity contribution in [3.8, 4) is 17.2 Å². The maximum absolute atomic E-state index is 11.9. The van der Waals surface area contributed by atoms with E-state index in [0.29, 0.717) is 24.2 Å². The van der Waals surface area contributed by atoms with E-state index >= 15 is 0 Å². The van der Waals surface area contributed by atoms with Crippen LogP contribution in [0.5, 0.6) is 17.2 Å². The number of benzene rings is 1. The highest BCUT2D eigenvalue weighted by molar-refractivity contribution is 6.02. The smallest absolute Gasteiger partial charge is 0.253 e. The summed E-state index contributed by atoms with van der Waals surface area (Å²) in [5.41, 5.74) is 6.96. The number of hydrogen-bond acceptors (Lipinski definition) is 6. The molecule has 1 fully saturated rings. The number of phenols is 1. The third-order valence-corrected chi connectivity index (χ3v) is 4.53. The predicted octanol–water partition coefficient (Wildman–Crippen LogP) is 1.92. The van der Waals surface area contributed by atoms with Crippen LogP contribution < -0.4 is 15.2 Å². The molecule has 2 aliphatic heterocycles. The monoisotopic (exact) mass is 333 g/mol. The summed E-state index contributed by atoms with van der Waals surface area (Å²) in [7, 11) is 0. The molecule has 128 valence electrons. The van der Waals surface area contributed by atoms with Gasteiger partial charge in [0.05, 0.1) is 17.8 Å². The minimum absolute atomic E-state index is 0.000560. The van der Waals surface area contributed by atoms with Crippen LogP contribution in [-0.2, 0) is 9.47 Å². The van der Waals surface area contributed by atoms with Gasteiger partial charge < -0.3 is 29.8 Å². The molecule has 7 nitrogen and oxygen atoms in total. The van der Waals surface area contributed by atoms with Gasteiger partial charge in [-0.2, -0.15) is 0 Å². The maximum atomic E-state index is 11.9. The van der Waals surface area contributed by atoms with Gasteiger partial charge in [0.1, 0.15) is 0 Å². The molecule has 3 N–H and O–H groups in total. The second kappa shape index (κ2) is 5.12. The first kappa shape index (κ1) is 15.3. The highest BCUT2D eigenvalue weighted by Crippen LogP contribution is 2.48. The number of primary amides is 1. The van der Waals surface area contributed by atoms with E-state index in [1.807, 2.05) is 19.9 Å². The molecule has 24 heavy (non-hydrogen) atoms. The van der Waals surface area contributed by atoms with Crippen LogP contribution >= 0.6 is 0 Å². The lowest BCUT2D eigenvalue weighted by atomic mass is 9.87. The molecule has 0 saturated carbocycles. The van der Waals surface area contributed by atoms with Crippen molar-refractivity contribution in [3.05, 3.63) is 23.3 Å². The van der Waals surface area contributed by atoms with Crippen molar-refractivity contribution in [2.75, 3.05) is 6.79 Å². The second-order valence-electron chi connectivity index (χ2n) is 6.63. The van der Waals surface area contributed by atoms with E-state index in [2.05, 4.69) is 0 Å². The van der Waals surface area contributed by atoms with Gasteiger partial charge in [-0.3, -0.25) is 4.79 Å². The van der Waals surface area contributed by atoms with Gasteiger partial charge in [0, 0.05) is 6.42 Å². The van der Waals surface area contributed by atoms with Crippen molar-refractivity contribution in [3.63, 3.8) is 0 Å². The van der Waals surface area contributed by atoms with Crippen molar-refractivity contribution in [2.24, 2.45) is 5.73 Å². The van der Waals surface area contributed by atoms with Crippen LogP contribution in [0.15, 0.2) is 12.1 Å². The minimum atomic E-state index is -0.715. The van der Waals surface area contributed by atoms with E-state index in [1.165, 1.54) is 0 Å². The van der Waals surface area contributed by atoms with Gasteiger partial charge in [-0.15, -0.1) is 0 Å². The third-order valence-electron chi connectivity index (χ3n) is 4.53. The Bertz CT molecular complexity index is 754. The summed E-state index contributed by atoms with van der Waals surface area (Å²) < 4.78 is 22.4. The van der Waals surface area contributed by atoms with Gasteiger partial charge in [-0.1, -0.05) is 6.08 Å². The van der Waals surface area contributed by atoms with E-state index in [1.54, 1.807) is 6.07 Å². The Hall–Kier alpha value is -2.25. The molecule has 1 aliphatic carbocycles. The number of carbonyl (C=O) groups excluding carboxylic acids is 1. The van der Waals surface area contributed by atoms with Crippen molar-refractivity contribution >= 4 is 11.5 Å². The Morgan fingerprint density at radius 3 is 2.79 bits per heavy atom. The molecule has 4 rings (SSSR count). The van der Waals surface area contributed by atoms with Gasteiger partial charge in [0.2, 0.25) is 12.5 Å². The highest BCUT2D eigenvalue weighted by Gasteiger charge is 2.43. The third kappa shape index (κ3) is 2.32. The molecule has 0 radical (unpaired) electrons. The van der Waals surface area contributed by atoms with Gasteiger partial charge in [-0.05, 0) is 37.5 Å². The van der Waals surface area contributed by atoms with E-state index in [-0.39, 0.29) is 36.1 Å². The number of ether oxygens (including phenoxy) is 4. The zero-order chi connectivity index (χ0) is 17.1. The Kier molecular flexibility index (Phi) is 3.26. The summed E-state index contributed by atoms with van der Waals surface area (Å²) in [5.74, 6) is -1.06. The number of nitrogens with two attached hydrogens (primary N) is 1. The lowest BCUT2D eigenvalue weighted by Gasteiger charge is -2.24. The number of hydrogen-bond donors (Lipinski definition) is 2. The largest absolute Gasteiger partial charge is 0.504 e. The molecule has 2 atom stereocenters. The van der Waals surface area contributed by atoms with E-state index < -0.39 is 11.7 Å². The van der Waals surface area contributed by atoms with Crippen LogP contribution in [0.4, 0.5) is 0 Å². The number of aromatic hydroxyl groups is 1. The molecule has 1 aromatic carbocycles. The molecule has 0 bridgehead atoms. The lowest BCUT2D eigenvalue weighted by Crippen LogP contribution is -2.26. The van der Waals surface area contributed by atoms with E-state index in [0.717, 1.165) is 5.57 Å². The molecular formula is C17H19NO6. The summed E-state index contributed by atoms with van der Waals surface area (Å²) >= 11 is 0. The first-order valence-electron chi connectivity index (χ1n) is 7.86. The van der Waals surface area contributed by atoms with Gasteiger partial charge in [0.15, 0.2) is 17.3 Å². The Morgan fingerprint density at radius 2 is 2.04 bits per heavy atom. The van der Waals surface area contributed by atoms with Crippen LogP contribution in [0, 0.1) is 0 Å². The van der Waals surface area contributed by atoms with Crippen molar-refractivity contribution in [2.45, 2.75) is 44.7 Å². The van der Waals surface area contributed by atoms with Crippen LogP contribution in [-0.4, -0.2) is 35.8 Å². The predicted molar refractivity (Wildman–Crippen MR) is 83.8 cm³/mol. The van der Waals surface area contributed by atoms with Crippen molar-refractivity contribution in [1.82, 2.24) is 0 Å². The molecule has 1 saturated heterocycles. The summed E-state index contributed by atoms with van der Waals surface area (Å²) in [4.78, 5) is 11.9. The fourth-order valence-corrected chi connectivity index (χ4v) is 3.59. The zero-order valence-electron chi connectivity index (χ0n) is 13.5. The van der Waals surface area contributed by atoms with Crippen LogP contribution in [0.3, 0.4) is 0 Å². The van der Waals surface area contributed by atoms with Crippen LogP contribution in [0.1, 0.15) is 42.6 Å². The van der Waals surface area contributed by atoms with Crippen molar-refractivity contribution in [1.29, 1.82) is 0 Å². The van der Waals surface area contributed by atoms with Gasteiger partial charge >= 0.3 is 0 Å². The molecule has 3 aliphatic rings. The Labute approximate surface area is 138 Å². The molecule has 0 spiro atoms. The lowest BCUT2D eigenvalue weighted by molar-refractivity contribution is -0.145. The van der Waals surface area contributed by atoms with Crippen LogP contribution in [0.2, 0.25) is 0 Å². The van der Waals surface area contributed by atoms with Gasteiger partial charge in [-0.25, -0.2) is 0 Å². The standard InChI is InChI=1S/C17H19NO6/c1-17(2)23-10-4-3-8(5-11(10)24-17)9-6-12-15(22-7-21-12)14(19)13(9)16(18)20/h3,6,10-11,19H,4-5,7H2,1-2H3,(H2,18,20)/t10-,11+/m1/s1. The average molecular weight is 333 g/mol. The topological polar surface area (TPSA) is 100 Å². The number of fused-ring (bicyclic) bond motifs is 2. The molecule has 0 unspecified atom stereocenters. The molecule has 1 amide bonds.